The Kier molecular flexibility index (Phi) is 4.83. The SMILES string of the molecule is CCOC(=O)CSc1nccc(-c2cc3ccccc3cn2)n1. The second kappa shape index (κ2) is 7.19. The summed E-state index contributed by atoms with van der Waals surface area (Å²) in [6.07, 6.45) is 3.50. The zero-order valence-corrected chi connectivity index (χ0v) is 13.4. The zero-order valence-electron chi connectivity index (χ0n) is 12.6. The number of pyridine rings is 1. The fourth-order valence-electron chi connectivity index (χ4n) is 2.10. The molecule has 0 N–H and O–H groups in total. The quantitative estimate of drug-likeness (QED) is 0.407. The molecule has 6 heteroatoms. The summed E-state index contributed by atoms with van der Waals surface area (Å²) in [6.45, 7) is 2.16. The third-order valence-corrected chi connectivity index (χ3v) is 3.99. The number of fused-ring (bicyclic) bond motifs is 1. The van der Waals surface area contributed by atoms with E-state index in [1.165, 1.54) is 11.8 Å². The van der Waals surface area contributed by atoms with Gasteiger partial charge in [0.15, 0.2) is 5.16 Å². The fourth-order valence-corrected chi connectivity index (χ4v) is 2.73. The second-order valence-corrected chi connectivity index (χ2v) is 5.68. The van der Waals surface area contributed by atoms with Crippen LogP contribution in [0.4, 0.5) is 0 Å². The van der Waals surface area contributed by atoms with Crippen molar-refractivity contribution in [3.8, 4) is 11.4 Å². The van der Waals surface area contributed by atoms with E-state index < -0.39 is 0 Å². The summed E-state index contributed by atoms with van der Waals surface area (Å²) in [4.78, 5) is 24.5. The molecule has 3 rings (SSSR count). The van der Waals surface area contributed by atoms with Gasteiger partial charge in [-0.3, -0.25) is 9.78 Å². The Morgan fingerprint density at radius 3 is 2.78 bits per heavy atom. The Morgan fingerprint density at radius 1 is 1.13 bits per heavy atom. The average molecular weight is 325 g/mol. The summed E-state index contributed by atoms with van der Waals surface area (Å²) in [5.74, 6) is -0.0713. The summed E-state index contributed by atoms with van der Waals surface area (Å²) >= 11 is 1.26. The molecular formula is C17H15N3O2S. The number of nitrogens with zero attached hydrogens (tertiary/aromatic N) is 3. The molecule has 0 bridgehead atoms. The first-order chi connectivity index (χ1) is 11.3. The first-order valence-electron chi connectivity index (χ1n) is 7.23. The molecule has 23 heavy (non-hydrogen) atoms. The maximum absolute atomic E-state index is 11.4. The summed E-state index contributed by atoms with van der Waals surface area (Å²) in [5, 5.41) is 2.73. The Bertz CT molecular complexity index is 839. The Hall–Kier alpha value is -2.47. The van der Waals surface area contributed by atoms with Gasteiger partial charge < -0.3 is 4.74 Å². The van der Waals surface area contributed by atoms with Gasteiger partial charge in [0.1, 0.15) is 0 Å². The molecule has 0 amide bonds. The summed E-state index contributed by atoms with van der Waals surface area (Å²) < 4.78 is 4.90. The van der Waals surface area contributed by atoms with Gasteiger partial charge in [-0.25, -0.2) is 9.97 Å². The minimum Gasteiger partial charge on any atom is -0.465 e. The maximum atomic E-state index is 11.4. The van der Waals surface area contributed by atoms with Crippen LogP contribution in [0.15, 0.2) is 53.9 Å². The van der Waals surface area contributed by atoms with E-state index in [9.17, 15) is 4.79 Å². The van der Waals surface area contributed by atoms with Gasteiger partial charge in [0.25, 0.3) is 0 Å². The normalized spacial score (nSPS) is 10.7. The van der Waals surface area contributed by atoms with E-state index in [1.54, 1.807) is 13.1 Å². The van der Waals surface area contributed by atoms with E-state index in [2.05, 4.69) is 15.0 Å². The van der Waals surface area contributed by atoms with Crippen molar-refractivity contribution >= 4 is 28.5 Å². The molecule has 2 heterocycles. The second-order valence-electron chi connectivity index (χ2n) is 4.73. The van der Waals surface area contributed by atoms with Crippen molar-refractivity contribution in [3.05, 3.63) is 48.8 Å². The van der Waals surface area contributed by atoms with Crippen LogP contribution in [0.5, 0.6) is 0 Å². The van der Waals surface area contributed by atoms with Gasteiger partial charge in [-0.1, -0.05) is 36.0 Å². The van der Waals surface area contributed by atoms with E-state index >= 15 is 0 Å². The smallest absolute Gasteiger partial charge is 0.316 e. The molecule has 5 nitrogen and oxygen atoms in total. The molecule has 0 unspecified atom stereocenters. The number of hydrogen-bond donors (Lipinski definition) is 0. The molecule has 0 spiro atoms. The first kappa shape index (κ1) is 15.4. The monoisotopic (exact) mass is 325 g/mol. The van der Waals surface area contributed by atoms with Crippen molar-refractivity contribution in [3.63, 3.8) is 0 Å². The standard InChI is InChI=1S/C17H15N3O2S/c1-2-22-16(21)11-23-17-18-8-7-14(20-17)15-9-12-5-3-4-6-13(12)10-19-15/h3-10H,2,11H2,1H3. The number of thioether (sulfide) groups is 1. The minimum absolute atomic E-state index is 0.197. The lowest BCUT2D eigenvalue weighted by atomic mass is 10.1. The van der Waals surface area contributed by atoms with Crippen molar-refractivity contribution in [2.75, 3.05) is 12.4 Å². The zero-order chi connectivity index (χ0) is 16.1. The first-order valence-corrected chi connectivity index (χ1v) is 8.21. The van der Waals surface area contributed by atoms with Crippen LogP contribution in [-0.2, 0) is 9.53 Å². The largest absolute Gasteiger partial charge is 0.465 e. The number of aromatic nitrogens is 3. The van der Waals surface area contributed by atoms with Crippen LogP contribution >= 0.6 is 11.8 Å². The van der Waals surface area contributed by atoms with Crippen molar-refractivity contribution in [1.82, 2.24) is 15.0 Å². The predicted molar refractivity (Wildman–Crippen MR) is 90.1 cm³/mol. The Balaban J connectivity index is 1.81. The molecule has 0 fully saturated rings. The highest BCUT2D eigenvalue weighted by Gasteiger charge is 2.08. The number of rotatable bonds is 5. The van der Waals surface area contributed by atoms with Gasteiger partial charge in [0.2, 0.25) is 0 Å². The predicted octanol–water partition coefficient (Wildman–Crippen LogP) is 3.35. The number of esters is 1. The highest BCUT2D eigenvalue weighted by molar-refractivity contribution is 7.99. The lowest BCUT2D eigenvalue weighted by molar-refractivity contribution is -0.139. The molecular weight excluding hydrogens is 310 g/mol. The van der Waals surface area contributed by atoms with Crippen LogP contribution in [-0.4, -0.2) is 33.3 Å². The van der Waals surface area contributed by atoms with Crippen LogP contribution < -0.4 is 0 Å². The number of carbonyl (C=O) groups is 1. The van der Waals surface area contributed by atoms with E-state index in [1.807, 2.05) is 42.6 Å². The minimum atomic E-state index is -0.268. The van der Waals surface area contributed by atoms with Crippen molar-refractivity contribution in [1.29, 1.82) is 0 Å². The number of hydrogen-bond acceptors (Lipinski definition) is 6. The van der Waals surface area contributed by atoms with E-state index in [0.717, 1.165) is 22.2 Å². The third-order valence-electron chi connectivity index (χ3n) is 3.15. The molecule has 0 aliphatic heterocycles. The van der Waals surface area contributed by atoms with Gasteiger partial charge in [-0.05, 0) is 24.4 Å². The maximum Gasteiger partial charge on any atom is 0.316 e. The molecule has 0 saturated carbocycles. The van der Waals surface area contributed by atoms with Crippen LogP contribution in [0.2, 0.25) is 0 Å². The third kappa shape index (κ3) is 3.84. The molecule has 3 aromatic rings. The Labute approximate surface area is 138 Å². The van der Waals surface area contributed by atoms with Crippen LogP contribution in [0, 0.1) is 0 Å². The molecule has 0 aliphatic rings. The van der Waals surface area contributed by atoms with Crippen LogP contribution in [0.1, 0.15) is 6.92 Å². The lowest BCUT2D eigenvalue weighted by Gasteiger charge is -2.05. The van der Waals surface area contributed by atoms with Gasteiger partial charge in [0, 0.05) is 17.8 Å². The summed E-state index contributed by atoms with van der Waals surface area (Å²) in [7, 11) is 0. The van der Waals surface area contributed by atoms with Gasteiger partial charge in [-0.2, -0.15) is 0 Å². The van der Waals surface area contributed by atoms with Gasteiger partial charge in [-0.15, -0.1) is 0 Å². The molecule has 1 aromatic carbocycles. The summed E-state index contributed by atoms with van der Waals surface area (Å²) in [5.41, 5.74) is 1.51. The topological polar surface area (TPSA) is 65.0 Å². The lowest BCUT2D eigenvalue weighted by Crippen LogP contribution is -2.07. The van der Waals surface area contributed by atoms with Gasteiger partial charge in [0.05, 0.1) is 23.7 Å². The van der Waals surface area contributed by atoms with Gasteiger partial charge >= 0.3 is 5.97 Å². The molecule has 0 atom stereocenters. The fraction of sp³-hybridized carbons (Fsp3) is 0.176. The molecule has 0 aliphatic carbocycles. The molecule has 116 valence electrons. The van der Waals surface area contributed by atoms with Crippen molar-refractivity contribution < 1.29 is 9.53 Å². The molecule has 0 radical (unpaired) electrons. The van der Waals surface area contributed by atoms with Crippen LogP contribution in [0.25, 0.3) is 22.2 Å². The highest BCUT2D eigenvalue weighted by atomic mass is 32.2. The average Bonchev–Trinajstić information content (AvgIpc) is 2.60. The van der Waals surface area contributed by atoms with Crippen molar-refractivity contribution in [2.24, 2.45) is 0 Å². The van der Waals surface area contributed by atoms with E-state index in [-0.39, 0.29) is 11.7 Å². The summed E-state index contributed by atoms with van der Waals surface area (Å²) in [6, 6.07) is 11.8. The number of benzene rings is 1. The number of ether oxygens (including phenoxy) is 1. The highest BCUT2D eigenvalue weighted by Crippen LogP contribution is 2.22. The van der Waals surface area contributed by atoms with E-state index in [0.29, 0.717) is 11.8 Å². The van der Waals surface area contributed by atoms with E-state index in [4.69, 9.17) is 4.74 Å². The Morgan fingerprint density at radius 2 is 1.96 bits per heavy atom. The number of carbonyl (C=O) groups excluding carboxylic acids is 1. The van der Waals surface area contributed by atoms with Crippen LogP contribution in [0.3, 0.4) is 0 Å². The molecule has 2 aromatic heterocycles. The molecule has 0 saturated heterocycles. The van der Waals surface area contributed by atoms with Crippen molar-refractivity contribution in [2.45, 2.75) is 12.1 Å².